The quantitative estimate of drug-likeness (QED) is 0.357. The van der Waals surface area contributed by atoms with Crippen molar-refractivity contribution in [2.45, 2.75) is 13.0 Å². The number of imide groups is 1. The van der Waals surface area contributed by atoms with E-state index in [0.29, 0.717) is 25.6 Å². The summed E-state index contributed by atoms with van der Waals surface area (Å²) in [5.41, 5.74) is 1.02. The van der Waals surface area contributed by atoms with Crippen molar-refractivity contribution in [3.05, 3.63) is 36.3 Å². The topological polar surface area (TPSA) is 86.9 Å². The van der Waals surface area contributed by atoms with E-state index in [-0.39, 0.29) is 35.5 Å². The molecular formula is C18H22N4O3. The number of nitrogens with one attached hydrogen (secondary N) is 2. The van der Waals surface area contributed by atoms with Gasteiger partial charge in [-0.05, 0) is 24.3 Å². The molecule has 1 aliphatic heterocycles. The van der Waals surface area contributed by atoms with Crippen LogP contribution in [-0.4, -0.2) is 42.8 Å². The van der Waals surface area contributed by atoms with E-state index in [9.17, 15) is 9.59 Å². The molecule has 1 saturated carbocycles. The number of fused-ring (bicyclic) bond motifs is 5. The minimum atomic E-state index is -0.124. The third-order valence-electron chi connectivity index (χ3n) is 5.45. The lowest BCUT2D eigenvalue weighted by Gasteiger charge is -2.18. The van der Waals surface area contributed by atoms with Crippen molar-refractivity contribution in [2.75, 3.05) is 20.1 Å². The molecule has 2 N–H and O–H groups in total. The van der Waals surface area contributed by atoms with E-state index in [1.54, 1.807) is 19.6 Å². The Morgan fingerprint density at radius 1 is 1.24 bits per heavy atom. The molecule has 2 heterocycles. The Kier molecular flexibility index (Phi) is 4.07. The van der Waals surface area contributed by atoms with Crippen molar-refractivity contribution in [1.29, 1.82) is 0 Å². The van der Waals surface area contributed by atoms with Gasteiger partial charge in [0.25, 0.3) is 0 Å². The molecule has 4 atom stereocenters. The number of amides is 2. The molecule has 2 amide bonds. The molecule has 2 fully saturated rings. The van der Waals surface area contributed by atoms with Crippen LogP contribution in [0.3, 0.4) is 0 Å². The van der Waals surface area contributed by atoms with E-state index in [1.807, 2.05) is 6.07 Å². The average molecular weight is 342 g/mol. The van der Waals surface area contributed by atoms with Gasteiger partial charge >= 0.3 is 0 Å². The van der Waals surface area contributed by atoms with Gasteiger partial charge in [-0.1, -0.05) is 12.2 Å². The van der Waals surface area contributed by atoms with Gasteiger partial charge < -0.3 is 15.1 Å². The summed E-state index contributed by atoms with van der Waals surface area (Å²) >= 11 is 0. The number of guanidine groups is 1. The monoisotopic (exact) mass is 342 g/mol. The molecule has 1 saturated heterocycles. The van der Waals surface area contributed by atoms with Crippen LogP contribution in [-0.2, 0) is 16.1 Å². The highest BCUT2D eigenvalue weighted by Crippen LogP contribution is 2.52. The van der Waals surface area contributed by atoms with Crippen molar-refractivity contribution in [3.63, 3.8) is 0 Å². The molecule has 7 nitrogen and oxygen atoms in total. The first-order chi connectivity index (χ1) is 12.2. The first-order valence-electron chi connectivity index (χ1n) is 8.68. The van der Waals surface area contributed by atoms with E-state index >= 15 is 0 Å². The van der Waals surface area contributed by atoms with Crippen LogP contribution in [0.4, 0.5) is 0 Å². The second-order valence-corrected chi connectivity index (χ2v) is 6.81. The summed E-state index contributed by atoms with van der Waals surface area (Å²) in [6.45, 7) is 1.44. The fourth-order valence-electron chi connectivity index (χ4n) is 4.27. The van der Waals surface area contributed by atoms with E-state index in [4.69, 9.17) is 4.42 Å². The average Bonchev–Trinajstić information content (AvgIpc) is 3.38. The Balaban J connectivity index is 1.28. The van der Waals surface area contributed by atoms with Crippen LogP contribution in [0.25, 0.3) is 0 Å². The van der Waals surface area contributed by atoms with Gasteiger partial charge in [-0.25, -0.2) is 0 Å². The third-order valence-corrected chi connectivity index (χ3v) is 5.45. The molecule has 2 aliphatic carbocycles. The number of hydrogen-bond donors (Lipinski definition) is 2. The largest absolute Gasteiger partial charge is 0.472 e. The molecule has 25 heavy (non-hydrogen) atoms. The predicted octanol–water partition coefficient (Wildman–Crippen LogP) is 0.752. The van der Waals surface area contributed by atoms with Crippen LogP contribution in [0, 0.1) is 23.7 Å². The van der Waals surface area contributed by atoms with E-state index < -0.39 is 0 Å². The molecule has 132 valence electrons. The summed E-state index contributed by atoms with van der Waals surface area (Å²) in [6, 6.07) is 1.88. The van der Waals surface area contributed by atoms with E-state index in [2.05, 4.69) is 27.8 Å². The van der Waals surface area contributed by atoms with Gasteiger partial charge in [0.1, 0.15) is 0 Å². The number of carbonyl (C=O) groups is 2. The third kappa shape index (κ3) is 2.73. The summed E-state index contributed by atoms with van der Waals surface area (Å²) in [5, 5.41) is 6.31. The summed E-state index contributed by atoms with van der Waals surface area (Å²) in [5.74, 6) is 0.886. The van der Waals surface area contributed by atoms with Crippen molar-refractivity contribution in [3.8, 4) is 0 Å². The normalized spacial score (nSPS) is 30.3. The fraction of sp³-hybridized carbons (Fsp3) is 0.500. The second-order valence-electron chi connectivity index (χ2n) is 6.81. The zero-order valence-electron chi connectivity index (χ0n) is 14.1. The van der Waals surface area contributed by atoms with Crippen LogP contribution in [0.5, 0.6) is 0 Å². The lowest BCUT2D eigenvalue weighted by molar-refractivity contribution is -0.140. The number of likely N-dealkylation sites (tertiary alicyclic amines) is 1. The van der Waals surface area contributed by atoms with Gasteiger partial charge in [0.05, 0.1) is 24.4 Å². The van der Waals surface area contributed by atoms with Gasteiger partial charge in [0, 0.05) is 32.2 Å². The summed E-state index contributed by atoms with van der Waals surface area (Å²) in [6.07, 6.45) is 8.48. The first kappa shape index (κ1) is 15.9. The number of carbonyl (C=O) groups excluding carboxylic acids is 2. The lowest BCUT2D eigenvalue weighted by atomic mass is 9.85. The van der Waals surface area contributed by atoms with Crippen molar-refractivity contribution < 1.29 is 14.0 Å². The molecule has 0 aromatic carbocycles. The number of nitrogens with zero attached hydrogens (tertiary/aromatic N) is 2. The lowest BCUT2D eigenvalue weighted by Crippen LogP contribution is -2.43. The minimum Gasteiger partial charge on any atom is -0.472 e. The molecule has 3 aliphatic rings. The Labute approximate surface area is 146 Å². The van der Waals surface area contributed by atoms with Gasteiger partial charge in [-0.3, -0.25) is 19.5 Å². The highest BCUT2D eigenvalue weighted by Gasteiger charge is 2.58. The van der Waals surface area contributed by atoms with Crippen LogP contribution >= 0.6 is 0 Å². The van der Waals surface area contributed by atoms with Gasteiger partial charge in [-0.15, -0.1) is 0 Å². The summed E-state index contributed by atoms with van der Waals surface area (Å²) in [7, 11) is 1.69. The maximum atomic E-state index is 12.6. The predicted molar refractivity (Wildman–Crippen MR) is 91.3 cm³/mol. The van der Waals surface area contributed by atoms with Crippen LogP contribution in [0.15, 0.2) is 40.2 Å². The first-order valence-corrected chi connectivity index (χ1v) is 8.68. The maximum absolute atomic E-state index is 12.6. The number of hydrogen-bond acceptors (Lipinski definition) is 4. The van der Waals surface area contributed by atoms with Gasteiger partial charge in [0.15, 0.2) is 5.96 Å². The Morgan fingerprint density at radius 3 is 2.56 bits per heavy atom. The molecule has 7 heteroatoms. The molecule has 0 radical (unpaired) electrons. The standard InChI is InChI=1S/C18H22N4O3/c1-19-18(21-9-11-4-7-25-10-11)20-5-6-22-16(23)14-12-2-3-13(8-12)15(14)17(22)24/h2-4,7,10,12-15H,5-6,8-9H2,1H3,(H2,19,20,21). The van der Waals surface area contributed by atoms with Gasteiger partial charge in [-0.2, -0.15) is 0 Å². The molecule has 0 spiro atoms. The zero-order valence-corrected chi connectivity index (χ0v) is 14.1. The SMILES string of the molecule is CN=C(NCCN1C(=O)C2C3C=CC(C3)C2C1=O)NCc1ccoc1. The molecule has 4 rings (SSSR count). The van der Waals surface area contributed by atoms with E-state index in [1.165, 1.54) is 4.90 Å². The molecule has 1 aromatic rings. The molecular weight excluding hydrogens is 320 g/mol. The highest BCUT2D eigenvalue weighted by molar-refractivity contribution is 6.06. The van der Waals surface area contributed by atoms with Crippen molar-refractivity contribution in [2.24, 2.45) is 28.7 Å². The molecule has 1 aromatic heterocycles. The number of allylic oxidation sites excluding steroid dienone is 2. The van der Waals surface area contributed by atoms with Crippen molar-refractivity contribution >= 4 is 17.8 Å². The number of furan rings is 1. The maximum Gasteiger partial charge on any atom is 0.233 e. The Morgan fingerprint density at radius 2 is 1.96 bits per heavy atom. The van der Waals surface area contributed by atoms with E-state index in [0.717, 1.165) is 12.0 Å². The zero-order chi connectivity index (χ0) is 17.4. The second kappa shape index (κ2) is 6.38. The van der Waals surface area contributed by atoms with Crippen molar-refractivity contribution in [1.82, 2.24) is 15.5 Å². The molecule has 2 bridgehead atoms. The Hall–Kier alpha value is -2.57. The molecule has 4 unspecified atom stereocenters. The number of aliphatic imine (C=N–C) groups is 1. The summed E-state index contributed by atoms with van der Waals surface area (Å²) in [4.78, 5) is 30.8. The highest BCUT2D eigenvalue weighted by atomic mass is 16.3. The minimum absolute atomic E-state index is 0.00464. The smallest absolute Gasteiger partial charge is 0.233 e. The number of rotatable bonds is 5. The van der Waals surface area contributed by atoms with Crippen LogP contribution < -0.4 is 10.6 Å². The van der Waals surface area contributed by atoms with Crippen LogP contribution in [0.1, 0.15) is 12.0 Å². The fourth-order valence-corrected chi connectivity index (χ4v) is 4.27. The summed E-state index contributed by atoms with van der Waals surface area (Å²) < 4.78 is 5.02. The van der Waals surface area contributed by atoms with Crippen LogP contribution in [0.2, 0.25) is 0 Å². The van der Waals surface area contributed by atoms with Gasteiger partial charge in [0.2, 0.25) is 11.8 Å². The Bertz CT molecular complexity index is 695.